The van der Waals surface area contributed by atoms with Crippen molar-refractivity contribution in [1.82, 2.24) is 10.6 Å². The van der Waals surface area contributed by atoms with E-state index in [2.05, 4.69) is 16.9 Å². The first-order chi connectivity index (χ1) is 9.70. The van der Waals surface area contributed by atoms with Crippen LogP contribution in [0.25, 0.3) is 0 Å². The highest BCUT2D eigenvalue weighted by Gasteiger charge is 2.29. The topological polar surface area (TPSA) is 58.2 Å². The predicted molar refractivity (Wildman–Crippen MR) is 82.7 cm³/mol. The minimum atomic E-state index is 0.136. The number of carbonyl (C=O) groups excluding carboxylic acids is 2. The summed E-state index contributed by atoms with van der Waals surface area (Å²) >= 11 is 1.87. The number of rotatable bonds is 7. The maximum absolute atomic E-state index is 11.9. The first-order valence-electron chi connectivity index (χ1n) is 7.80. The summed E-state index contributed by atoms with van der Waals surface area (Å²) in [4.78, 5) is 23.4. The first-order valence-corrected chi connectivity index (χ1v) is 9.09. The molecule has 0 radical (unpaired) electrons. The Morgan fingerprint density at radius 1 is 1.15 bits per heavy atom. The van der Waals surface area contributed by atoms with Crippen LogP contribution in [0.2, 0.25) is 0 Å². The van der Waals surface area contributed by atoms with Crippen molar-refractivity contribution in [3.63, 3.8) is 0 Å². The summed E-state index contributed by atoms with van der Waals surface area (Å²) < 4.78 is 0. The third kappa shape index (κ3) is 5.00. The van der Waals surface area contributed by atoms with Gasteiger partial charge in [0.15, 0.2) is 0 Å². The molecular weight excluding hydrogens is 272 g/mol. The summed E-state index contributed by atoms with van der Waals surface area (Å²) in [5.74, 6) is 0.560. The molecule has 4 nitrogen and oxygen atoms in total. The molecule has 0 unspecified atom stereocenters. The van der Waals surface area contributed by atoms with Crippen LogP contribution in [-0.4, -0.2) is 35.9 Å². The maximum Gasteiger partial charge on any atom is 0.223 e. The standard InChI is InChI=1S/C15H26N2O2S/c1-20-13-6-3-2-5-12(13)17-14(18)7-4-10-16-15(19)11-8-9-11/h11-13H,2-10H2,1H3,(H,16,19)(H,17,18)/t12-,13-/m1/s1. The van der Waals surface area contributed by atoms with Crippen molar-refractivity contribution in [3.05, 3.63) is 0 Å². The molecular formula is C15H26N2O2S. The van der Waals surface area contributed by atoms with Crippen LogP contribution in [0.1, 0.15) is 51.4 Å². The summed E-state index contributed by atoms with van der Waals surface area (Å²) in [5.41, 5.74) is 0. The van der Waals surface area contributed by atoms with Crippen molar-refractivity contribution in [2.45, 2.75) is 62.7 Å². The number of amides is 2. The maximum atomic E-state index is 11.9. The molecule has 2 fully saturated rings. The second kappa shape index (κ2) is 7.91. The summed E-state index contributed by atoms with van der Waals surface area (Å²) in [7, 11) is 0. The van der Waals surface area contributed by atoms with Gasteiger partial charge in [0.25, 0.3) is 0 Å². The van der Waals surface area contributed by atoms with Gasteiger partial charge in [-0.3, -0.25) is 9.59 Å². The number of thioether (sulfide) groups is 1. The highest BCUT2D eigenvalue weighted by molar-refractivity contribution is 7.99. The molecule has 0 spiro atoms. The van der Waals surface area contributed by atoms with E-state index in [0.717, 1.165) is 25.7 Å². The Kier molecular flexibility index (Phi) is 6.20. The summed E-state index contributed by atoms with van der Waals surface area (Å²) in [6, 6.07) is 0.340. The van der Waals surface area contributed by atoms with E-state index in [1.54, 1.807) is 0 Å². The second-order valence-corrected chi connectivity index (χ2v) is 6.98. The Labute approximate surface area is 125 Å². The van der Waals surface area contributed by atoms with Crippen LogP contribution < -0.4 is 10.6 Å². The first kappa shape index (κ1) is 15.7. The van der Waals surface area contributed by atoms with Crippen LogP contribution in [-0.2, 0) is 9.59 Å². The summed E-state index contributed by atoms with van der Waals surface area (Å²) in [6.45, 7) is 0.624. The molecule has 0 aliphatic heterocycles. The van der Waals surface area contributed by atoms with Gasteiger partial charge in [-0.15, -0.1) is 0 Å². The lowest BCUT2D eigenvalue weighted by atomic mass is 9.94. The van der Waals surface area contributed by atoms with Gasteiger partial charge in [0, 0.05) is 30.2 Å². The smallest absolute Gasteiger partial charge is 0.223 e. The second-order valence-electron chi connectivity index (χ2n) is 5.90. The predicted octanol–water partition coefficient (Wildman–Crippen LogP) is 2.08. The van der Waals surface area contributed by atoms with Crippen LogP contribution in [0.4, 0.5) is 0 Å². The molecule has 2 atom stereocenters. The number of nitrogens with one attached hydrogen (secondary N) is 2. The number of hydrogen-bond acceptors (Lipinski definition) is 3. The Morgan fingerprint density at radius 2 is 1.90 bits per heavy atom. The van der Waals surface area contributed by atoms with E-state index >= 15 is 0 Å². The van der Waals surface area contributed by atoms with E-state index in [4.69, 9.17) is 0 Å². The molecule has 0 aromatic heterocycles. The van der Waals surface area contributed by atoms with Crippen LogP contribution in [0, 0.1) is 5.92 Å². The van der Waals surface area contributed by atoms with Gasteiger partial charge in [0.2, 0.25) is 11.8 Å². The normalized spacial score (nSPS) is 26.1. The molecule has 0 bridgehead atoms. The highest BCUT2D eigenvalue weighted by atomic mass is 32.2. The van der Waals surface area contributed by atoms with Crippen molar-refractivity contribution < 1.29 is 9.59 Å². The molecule has 2 saturated carbocycles. The monoisotopic (exact) mass is 298 g/mol. The fourth-order valence-electron chi connectivity index (χ4n) is 2.77. The average molecular weight is 298 g/mol. The van der Waals surface area contributed by atoms with Crippen LogP contribution in [0.5, 0.6) is 0 Å². The van der Waals surface area contributed by atoms with Crippen LogP contribution >= 0.6 is 11.8 Å². The molecule has 114 valence electrons. The quantitative estimate of drug-likeness (QED) is 0.708. The third-order valence-electron chi connectivity index (χ3n) is 4.18. The highest BCUT2D eigenvalue weighted by Crippen LogP contribution is 2.28. The van der Waals surface area contributed by atoms with Gasteiger partial charge in [-0.2, -0.15) is 11.8 Å². The van der Waals surface area contributed by atoms with Crippen LogP contribution in [0.15, 0.2) is 0 Å². The van der Waals surface area contributed by atoms with Gasteiger partial charge in [-0.1, -0.05) is 12.8 Å². The Bertz CT molecular complexity index is 345. The summed E-state index contributed by atoms with van der Waals surface area (Å²) in [6.07, 6.45) is 10.3. The van der Waals surface area contributed by atoms with Gasteiger partial charge >= 0.3 is 0 Å². The zero-order chi connectivity index (χ0) is 14.4. The molecule has 0 aromatic rings. The number of hydrogen-bond donors (Lipinski definition) is 2. The molecule has 2 rings (SSSR count). The lowest BCUT2D eigenvalue weighted by Crippen LogP contribution is -2.43. The van der Waals surface area contributed by atoms with Crippen molar-refractivity contribution >= 4 is 23.6 Å². The van der Waals surface area contributed by atoms with E-state index in [1.165, 1.54) is 19.3 Å². The van der Waals surface area contributed by atoms with Gasteiger partial charge < -0.3 is 10.6 Å². The average Bonchev–Trinajstić information content (AvgIpc) is 3.28. The minimum absolute atomic E-state index is 0.136. The lowest BCUT2D eigenvalue weighted by molar-refractivity contribution is -0.124. The zero-order valence-corrected chi connectivity index (χ0v) is 13.1. The van der Waals surface area contributed by atoms with Gasteiger partial charge in [0.1, 0.15) is 0 Å². The molecule has 5 heteroatoms. The molecule has 0 aromatic carbocycles. The van der Waals surface area contributed by atoms with E-state index in [-0.39, 0.29) is 17.7 Å². The number of carbonyl (C=O) groups is 2. The van der Waals surface area contributed by atoms with Crippen molar-refractivity contribution in [2.75, 3.05) is 12.8 Å². The molecule has 2 N–H and O–H groups in total. The zero-order valence-electron chi connectivity index (χ0n) is 12.3. The third-order valence-corrected chi connectivity index (χ3v) is 5.35. The van der Waals surface area contributed by atoms with E-state index < -0.39 is 0 Å². The largest absolute Gasteiger partial charge is 0.356 e. The molecule has 0 heterocycles. The van der Waals surface area contributed by atoms with Crippen molar-refractivity contribution in [3.8, 4) is 0 Å². The lowest BCUT2D eigenvalue weighted by Gasteiger charge is -2.30. The van der Waals surface area contributed by atoms with Crippen LogP contribution in [0.3, 0.4) is 0 Å². The fraction of sp³-hybridized carbons (Fsp3) is 0.867. The fourth-order valence-corrected chi connectivity index (χ4v) is 3.71. The molecule has 2 aliphatic rings. The molecule has 20 heavy (non-hydrogen) atoms. The van der Waals surface area contributed by atoms with Gasteiger partial charge in [-0.05, 0) is 38.4 Å². The van der Waals surface area contributed by atoms with Gasteiger partial charge in [0.05, 0.1) is 0 Å². The molecule has 2 aliphatic carbocycles. The van der Waals surface area contributed by atoms with E-state index in [9.17, 15) is 9.59 Å². The Balaban J connectivity index is 1.58. The Hall–Kier alpha value is -0.710. The summed E-state index contributed by atoms with van der Waals surface area (Å²) in [5, 5.41) is 6.64. The van der Waals surface area contributed by atoms with Crippen molar-refractivity contribution in [2.24, 2.45) is 5.92 Å². The molecule has 2 amide bonds. The minimum Gasteiger partial charge on any atom is -0.356 e. The van der Waals surface area contributed by atoms with Gasteiger partial charge in [-0.25, -0.2) is 0 Å². The molecule has 0 saturated heterocycles. The SMILES string of the molecule is CS[C@@H]1CCCC[C@H]1NC(=O)CCCNC(=O)C1CC1. The van der Waals surface area contributed by atoms with Crippen molar-refractivity contribution in [1.29, 1.82) is 0 Å². The van der Waals surface area contributed by atoms with E-state index in [0.29, 0.717) is 24.3 Å². The Morgan fingerprint density at radius 3 is 2.60 bits per heavy atom. The van der Waals surface area contributed by atoms with E-state index in [1.807, 2.05) is 11.8 Å².